The lowest BCUT2D eigenvalue weighted by atomic mass is 10.1. The molecule has 2 aromatic heterocycles. The zero-order valence-electron chi connectivity index (χ0n) is 21.1. The molecule has 194 valence electrons. The van der Waals surface area contributed by atoms with Gasteiger partial charge in [0.15, 0.2) is 21.5 Å². The Morgan fingerprint density at radius 1 is 1.14 bits per heavy atom. The minimum atomic E-state index is -3.70. The largest absolute Gasteiger partial charge is 0.494 e. The lowest BCUT2D eigenvalue weighted by Crippen LogP contribution is -2.35. The van der Waals surface area contributed by atoms with Crippen LogP contribution in [0.2, 0.25) is 0 Å². The van der Waals surface area contributed by atoms with Gasteiger partial charge in [0.25, 0.3) is 0 Å². The number of aryl methyl sites for hydroxylation is 1. The van der Waals surface area contributed by atoms with Gasteiger partial charge in [-0.25, -0.2) is 18.4 Å². The molecule has 1 N–H and O–H groups in total. The fourth-order valence-corrected chi connectivity index (χ4v) is 5.68. The third kappa shape index (κ3) is 5.20. The highest BCUT2D eigenvalue weighted by molar-refractivity contribution is 7.91. The van der Waals surface area contributed by atoms with Gasteiger partial charge in [0.2, 0.25) is 0 Å². The Balaban J connectivity index is 1.77. The highest BCUT2D eigenvalue weighted by atomic mass is 32.2. The third-order valence-corrected chi connectivity index (χ3v) is 8.61. The van der Waals surface area contributed by atoms with Crippen LogP contribution in [0.5, 0.6) is 11.5 Å². The summed E-state index contributed by atoms with van der Waals surface area (Å²) in [6.07, 6.45) is 2.95. The van der Waals surface area contributed by atoms with Crippen molar-refractivity contribution in [1.29, 1.82) is 0 Å². The van der Waals surface area contributed by atoms with Gasteiger partial charge in [-0.1, -0.05) is 13.0 Å². The van der Waals surface area contributed by atoms with Gasteiger partial charge in [0.1, 0.15) is 34.9 Å². The highest BCUT2D eigenvalue weighted by Crippen LogP contribution is 2.36. The van der Waals surface area contributed by atoms with Crippen LogP contribution in [0.25, 0.3) is 5.69 Å². The van der Waals surface area contributed by atoms with Crippen molar-refractivity contribution in [2.24, 2.45) is 0 Å². The Hall–Kier alpha value is -3.09. The summed E-state index contributed by atoms with van der Waals surface area (Å²) in [7, 11) is -0.611. The zero-order chi connectivity index (χ0) is 25.9. The van der Waals surface area contributed by atoms with E-state index in [9.17, 15) is 8.42 Å². The van der Waals surface area contributed by atoms with Gasteiger partial charge in [0, 0.05) is 31.4 Å². The predicted octanol–water partition coefficient (Wildman–Crippen LogP) is 2.15. The highest BCUT2D eigenvalue weighted by Gasteiger charge is 2.34. The van der Waals surface area contributed by atoms with Crippen molar-refractivity contribution in [1.82, 2.24) is 30.0 Å². The second kappa shape index (κ2) is 10.9. The van der Waals surface area contributed by atoms with Crippen LogP contribution in [0.15, 0.2) is 30.6 Å². The Labute approximate surface area is 211 Å². The molecule has 0 bridgehead atoms. The molecule has 36 heavy (non-hydrogen) atoms. The number of ether oxygens (including phenoxy) is 3. The van der Waals surface area contributed by atoms with Gasteiger partial charge >= 0.3 is 0 Å². The number of nitrogens with one attached hydrogen (secondary N) is 1. The summed E-state index contributed by atoms with van der Waals surface area (Å²) < 4.78 is 46.1. The van der Waals surface area contributed by atoms with E-state index >= 15 is 0 Å². The molecule has 1 aliphatic heterocycles. The van der Waals surface area contributed by atoms with Crippen LogP contribution in [0.1, 0.15) is 48.9 Å². The second-order valence-corrected chi connectivity index (χ2v) is 11.2. The first-order valence-electron chi connectivity index (χ1n) is 11.7. The maximum Gasteiger partial charge on any atom is 0.168 e. The lowest BCUT2D eigenvalue weighted by Gasteiger charge is -2.25. The molecule has 12 heteroatoms. The molecule has 1 saturated heterocycles. The monoisotopic (exact) mass is 516 g/mol. The number of methoxy groups -OCH3 is 2. The second-order valence-electron chi connectivity index (χ2n) is 8.80. The van der Waals surface area contributed by atoms with Crippen molar-refractivity contribution < 1.29 is 22.6 Å². The van der Waals surface area contributed by atoms with E-state index in [0.29, 0.717) is 42.0 Å². The molecule has 4 rings (SSSR count). The van der Waals surface area contributed by atoms with Crippen molar-refractivity contribution in [3.63, 3.8) is 0 Å². The number of rotatable bonds is 9. The summed E-state index contributed by atoms with van der Waals surface area (Å²) in [6, 6.07) is 5.35. The van der Waals surface area contributed by atoms with Crippen LogP contribution in [0.4, 0.5) is 0 Å². The number of benzene rings is 1. The number of morpholine rings is 1. The van der Waals surface area contributed by atoms with Crippen LogP contribution in [-0.2, 0) is 20.3 Å². The molecule has 1 aliphatic rings. The van der Waals surface area contributed by atoms with Crippen LogP contribution >= 0.6 is 0 Å². The number of aromatic nitrogens is 5. The number of para-hydroxylation sites is 1. The number of sulfone groups is 1. The third-order valence-electron chi connectivity index (χ3n) is 6.41. The summed E-state index contributed by atoms with van der Waals surface area (Å²) in [5, 5.41) is 11.2. The topological polar surface area (TPSA) is 130 Å². The van der Waals surface area contributed by atoms with Crippen molar-refractivity contribution in [3.05, 3.63) is 53.6 Å². The van der Waals surface area contributed by atoms with Gasteiger partial charge < -0.3 is 19.5 Å². The molecule has 0 radical (unpaired) electrons. The van der Waals surface area contributed by atoms with E-state index < -0.39 is 27.1 Å². The normalized spacial score (nSPS) is 18.0. The summed E-state index contributed by atoms with van der Waals surface area (Å²) in [6.45, 7) is 7.10. The van der Waals surface area contributed by atoms with Gasteiger partial charge in [-0.05, 0) is 31.5 Å². The quantitative estimate of drug-likeness (QED) is 0.451. The average Bonchev–Trinajstić information content (AvgIpc) is 3.30. The molecule has 3 aromatic rings. The van der Waals surface area contributed by atoms with Gasteiger partial charge in [-0.2, -0.15) is 0 Å². The van der Waals surface area contributed by atoms with Crippen molar-refractivity contribution >= 4 is 9.84 Å². The molecular weight excluding hydrogens is 484 g/mol. The minimum absolute atomic E-state index is 0.242. The van der Waals surface area contributed by atoms with Crippen LogP contribution < -0.4 is 14.8 Å². The van der Waals surface area contributed by atoms with Crippen molar-refractivity contribution in [2.75, 3.05) is 33.9 Å². The molecule has 1 aromatic carbocycles. The van der Waals surface area contributed by atoms with Gasteiger partial charge in [0.05, 0.1) is 26.1 Å². The van der Waals surface area contributed by atoms with Gasteiger partial charge in [-0.3, -0.25) is 4.57 Å². The van der Waals surface area contributed by atoms with E-state index in [0.717, 1.165) is 12.1 Å². The molecular formula is C24H32N6O5S. The van der Waals surface area contributed by atoms with E-state index in [2.05, 4.69) is 25.5 Å². The van der Waals surface area contributed by atoms with E-state index in [1.54, 1.807) is 56.3 Å². The zero-order valence-corrected chi connectivity index (χ0v) is 21.9. The molecule has 11 nitrogen and oxygen atoms in total. The first-order valence-corrected chi connectivity index (χ1v) is 13.5. The summed E-state index contributed by atoms with van der Waals surface area (Å²) in [4.78, 5) is 8.66. The molecule has 3 heterocycles. The molecule has 3 atom stereocenters. The summed E-state index contributed by atoms with van der Waals surface area (Å²) in [5.74, 6) is 1.41. The predicted molar refractivity (Wildman–Crippen MR) is 133 cm³/mol. The molecule has 1 fully saturated rings. The molecule has 0 aliphatic carbocycles. The Bertz CT molecular complexity index is 1270. The fraction of sp³-hybridized carbons (Fsp3) is 0.500. The van der Waals surface area contributed by atoms with Crippen LogP contribution in [0, 0.1) is 6.92 Å². The molecule has 0 unspecified atom stereocenters. The van der Waals surface area contributed by atoms with Crippen molar-refractivity contribution in [2.45, 2.75) is 43.8 Å². The molecule has 0 amide bonds. The minimum Gasteiger partial charge on any atom is -0.494 e. The van der Waals surface area contributed by atoms with Crippen LogP contribution in [-0.4, -0.2) is 72.3 Å². The van der Waals surface area contributed by atoms with Crippen molar-refractivity contribution in [3.8, 4) is 17.2 Å². The maximum absolute atomic E-state index is 13.6. The Morgan fingerprint density at radius 3 is 2.39 bits per heavy atom. The first-order chi connectivity index (χ1) is 17.3. The van der Waals surface area contributed by atoms with Gasteiger partial charge in [-0.15, -0.1) is 10.2 Å². The first kappa shape index (κ1) is 26.0. The number of hydrogen-bond acceptors (Lipinski definition) is 10. The SMILES string of the molecule is COc1cccc(OC)c1-n1c(CS(=O)(=O)[C@@H](C)[C@H](C)c2ncc(C)cn2)nnc1[C@@H]1CNCCO1. The fourth-order valence-electron chi connectivity index (χ4n) is 4.13. The van der Waals surface area contributed by atoms with E-state index in [-0.39, 0.29) is 11.6 Å². The molecule has 0 spiro atoms. The van der Waals surface area contributed by atoms with E-state index in [1.807, 2.05) is 13.8 Å². The smallest absolute Gasteiger partial charge is 0.168 e. The number of hydrogen-bond donors (Lipinski definition) is 1. The van der Waals surface area contributed by atoms with Crippen LogP contribution in [0.3, 0.4) is 0 Å². The Kier molecular flexibility index (Phi) is 7.86. The average molecular weight is 517 g/mol. The molecule has 0 saturated carbocycles. The summed E-state index contributed by atoms with van der Waals surface area (Å²) >= 11 is 0. The maximum atomic E-state index is 13.6. The van der Waals surface area contributed by atoms with E-state index in [1.165, 1.54) is 0 Å². The lowest BCUT2D eigenvalue weighted by molar-refractivity contribution is 0.0209. The Morgan fingerprint density at radius 2 is 1.81 bits per heavy atom. The summed E-state index contributed by atoms with van der Waals surface area (Å²) in [5.41, 5.74) is 1.43. The number of nitrogens with zero attached hydrogens (tertiary/aromatic N) is 5. The van der Waals surface area contributed by atoms with E-state index in [4.69, 9.17) is 14.2 Å². The standard InChI is InChI=1S/C24H32N6O5S/c1-15-11-26-23(27-12-15)16(2)17(3)36(31,32)14-21-28-29-24(20-13-25-9-10-35-20)30(21)22-18(33-4)7-6-8-19(22)34-5/h6-8,11-12,16-17,20,25H,9-10,13-14H2,1-5H3/t16-,17-,20-/m0/s1.